The molecule has 14 heteroatoms. The van der Waals surface area contributed by atoms with E-state index < -0.39 is 85.0 Å². The number of aromatic hydroxyl groups is 1. The van der Waals surface area contributed by atoms with Crippen molar-refractivity contribution in [3.8, 4) is 5.75 Å². The van der Waals surface area contributed by atoms with Crippen LogP contribution >= 0.6 is 0 Å². The molecule has 210 valence electrons. The third kappa shape index (κ3) is 10.8. The molecule has 3 amide bonds. The van der Waals surface area contributed by atoms with Crippen molar-refractivity contribution in [1.29, 1.82) is 0 Å². The number of carbonyl (C=O) groups is 6. The van der Waals surface area contributed by atoms with Crippen molar-refractivity contribution in [3.63, 3.8) is 0 Å². The summed E-state index contributed by atoms with van der Waals surface area (Å²) in [4.78, 5) is 71.9. The third-order valence-electron chi connectivity index (χ3n) is 5.80. The Kier molecular flexibility index (Phi) is 12.7. The fourth-order valence-electron chi connectivity index (χ4n) is 3.39. The number of amides is 3. The Labute approximate surface area is 218 Å². The summed E-state index contributed by atoms with van der Waals surface area (Å²) in [6.07, 6.45) is -1.39. The zero-order valence-electron chi connectivity index (χ0n) is 21.0. The Morgan fingerprint density at radius 3 is 1.92 bits per heavy atom. The Hall–Kier alpha value is -4.20. The summed E-state index contributed by atoms with van der Waals surface area (Å²) in [6.45, 7) is 3.42. The van der Waals surface area contributed by atoms with Crippen LogP contribution in [0.15, 0.2) is 24.3 Å². The highest BCUT2D eigenvalue weighted by atomic mass is 16.4. The molecule has 0 spiro atoms. The van der Waals surface area contributed by atoms with Gasteiger partial charge in [-0.15, -0.1) is 0 Å². The molecule has 0 radical (unpaired) electrons. The van der Waals surface area contributed by atoms with Crippen LogP contribution in [-0.4, -0.2) is 80.2 Å². The lowest BCUT2D eigenvalue weighted by molar-refractivity contribution is -0.147. The second-order valence-corrected chi connectivity index (χ2v) is 8.84. The maximum atomic E-state index is 13.1. The van der Waals surface area contributed by atoms with Gasteiger partial charge in [-0.1, -0.05) is 32.4 Å². The Balaban J connectivity index is 3.03. The van der Waals surface area contributed by atoms with Crippen LogP contribution in [-0.2, 0) is 35.2 Å². The first-order valence-corrected chi connectivity index (χ1v) is 11.9. The monoisotopic (exact) mass is 538 g/mol. The van der Waals surface area contributed by atoms with Crippen molar-refractivity contribution < 1.29 is 49.2 Å². The minimum absolute atomic E-state index is 0.0411. The topological polar surface area (TPSA) is 245 Å². The first-order chi connectivity index (χ1) is 17.7. The molecule has 0 fully saturated rings. The molecule has 0 aliphatic rings. The zero-order chi connectivity index (χ0) is 29.0. The van der Waals surface area contributed by atoms with Crippen molar-refractivity contribution >= 4 is 35.6 Å². The Bertz CT molecular complexity index is 1010. The largest absolute Gasteiger partial charge is 0.508 e. The summed E-state index contributed by atoms with van der Waals surface area (Å²) in [5.41, 5.74) is 6.65. The average Bonchev–Trinajstić information content (AvgIpc) is 2.84. The van der Waals surface area contributed by atoms with Crippen LogP contribution in [0, 0.1) is 5.92 Å². The number of aliphatic carboxylic acids is 3. The SMILES string of the molecule is CCC(C)C(NC(=O)C(N)Cc1ccc(O)cc1)C(=O)NC(CCC(=O)O)C(=O)NC(CC(=O)O)C(=O)O. The van der Waals surface area contributed by atoms with E-state index in [4.69, 9.17) is 15.9 Å². The van der Waals surface area contributed by atoms with E-state index >= 15 is 0 Å². The quantitative estimate of drug-likeness (QED) is 0.129. The molecular weight excluding hydrogens is 504 g/mol. The highest BCUT2D eigenvalue weighted by Crippen LogP contribution is 2.13. The van der Waals surface area contributed by atoms with Crippen molar-refractivity contribution in [2.24, 2.45) is 11.7 Å². The van der Waals surface area contributed by atoms with Gasteiger partial charge < -0.3 is 42.1 Å². The van der Waals surface area contributed by atoms with Gasteiger partial charge in [0.15, 0.2) is 0 Å². The van der Waals surface area contributed by atoms with E-state index in [1.807, 2.05) is 5.32 Å². The van der Waals surface area contributed by atoms with E-state index in [9.17, 15) is 39.0 Å². The van der Waals surface area contributed by atoms with Crippen LogP contribution < -0.4 is 21.7 Å². The fraction of sp³-hybridized carbons (Fsp3) is 0.500. The molecule has 0 aliphatic heterocycles. The molecule has 38 heavy (non-hydrogen) atoms. The van der Waals surface area contributed by atoms with E-state index in [0.717, 1.165) is 0 Å². The van der Waals surface area contributed by atoms with Crippen molar-refractivity contribution in [3.05, 3.63) is 29.8 Å². The highest BCUT2D eigenvalue weighted by molar-refractivity contribution is 5.95. The van der Waals surface area contributed by atoms with Crippen molar-refractivity contribution in [2.75, 3.05) is 0 Å². The van der Waals surface area contributed by atoms with Crippen LogP contribution in [0.2, 0.25) is 0 Å². The highest BCUT2D eigenvalue weighted by Gasteiger charge is 2.33. The summed E-state index contributed by atoms with van der Waals surface area (Å²) in [5.74, 6) is -7.40. The number of nitrogens with one attached hydrogen (secondary N) is 3. The maximum Gasteiger partial charge on any atom is 0.326 e. The van der Waals surface area contributed by atoms with Gasteiger partial charge >= 0.3 is 17.9 Å². The van der Waals surface area contributed by atoms with Gasteiger partial charge in [-0.25, -0.2) is 4.79 Å². The number of phenolic OH excluding ortho intramolecular Hbond substituents is 1. The summed E-state index contributed by atoms with van der Waals surface area (Å²) in [6, 6.07) is 0.468. The van der Waals surface area contributed by atoms with Crippen LogP contribution in [0.3, 0.4) is 0 Å². The summed E-state index contributed by atoms with van der Waals surface area (Å²) in [7, 11) is 0. The molecule has 1 aromatic rings. The third-order valence-corrected chi connectivity index (χ3v) is 5.80. The van der Waals surface area contributed by atoms with E-state index in [0.29, 0.717) is 12.0 Å². The number of carbonyl (C=O) groups excluding carboxylic acids is 3. The van der Waals surface area contributed by atoms with Gasteiger partial charge in [-0.3, -0.25) is 24.0 Å². The molecular formula is C24H34N4O10. The Morgan fingerprint density at radius 1 is 0.842 bits per heavy atom. The van der Waals surface area contributed by atoms with Gasteiger partial charge in [0.2, 0.25) is 17.7 Å². The molecule has 0 aliphatic carbocycles. The van der Waals surface area contributed by atoms with Gasteiger partial charge in [0.05, 0.1) is 12.5 Å². The summed E-state index contributed by atoms with van der Waals surface area (Å²) < 4.78 is 0. The number of phenols is 1. The number of nitrogens with two attached hydrogens (primary N) is 1. The fourth-order valence-corrected chi connectivity index (χ4v) is 3.39. The second-order valence-electron chi connectivity index (χ2n) is 8.84. The van der Waals surface area contributed by atoms with E-state index in [1.54, 1.807) is 26.0 Å². The van der Waals surface area contributed by atoms with Gasteiger partial charge in [0.1, 0.15) is 23.9 Å². The zero-order valence-corrected chi connectivity index (χ0v) is 21.0. The minimum atomic E-state index is -1.81. The molecule has 0 saturated heterocycles. The van der Waals surface area contributed by atoms with Crippen molar-refractivity contribution in [2.45, 2.75) is 70.1 Å². The lowest BCUT2D eigenvalue weighted by Gasteiger charge is -2.27. The molecule has 0 bridgehead atoms. The van der Waals surface area contributed by atoms with E-state index in [-0.39, 0.29) is 12.2 Å². The lowest BCUT2D eigenvalue weighted by Crippen LogP contribution is -2.59. The maximum absolute atomic E-state index is 13.1. The predicted molar refractivity (Wildman–Crippen MR) is 132 cm³/mol. The standard InChI is InChI=1S/C24H34N4O10/c1-3-12(2)20(28-21(34)15(25)10-13-4-6-14(29)7-5-13)23(36)26-16(8-9-18(30)31)22(35)27-17(24(37)38)11-19(32)33/h4-7,12,15-17,20,29H,3,8-11,25H2,1-2H3,(H,26,36)(H,27,35)(H,28,34)(H,30,31)(H,32,33)(H,37,38). The first-order valence-electron chi connectivity index (χ1n) is 11.9. The van der Waals surface area contributed by atoms with Gasteiger partial charge in [-0.05, 0) is 36.5 Å². The smallest absolute Gasteiger partial charge is 0.326 e. The molecule has 0 aromatic heterocycles. The second kappa shape index (κ2) is 15.1. The molecule has 5 unspecified atom stereocenters. The molecule has 5 atom stereocenters. The number of hydrogen-bond acceptors (Lipinski definition) is 8. The normalized spacial score (nSPS) is 14.7. The summed E-state index contributed by atoms with van der Waals surface area (Å²) >= 11 is 0. The van der Waals surface area contributed by atoms with Crippen molar-refractivity contribution in [1.82, 2.24) is 16.0 Å². The number of carboxylic acid groups (broad SMARTS) is 3. The predicted octanol–water partition coefficient (Wildman–Crippen LogP) is -0.813. The van der Waals surface area contributed by atoms with Crippen LogP contribution in [0.5, 0.6) is 5.75 Å². The van der Waals surface area contributed by atoms with E-state index in [2.05, 4.69) is 10.6 Å². The molecule has 1 aromatic carbocycles. The molecule has 0 heterocycles. The molecule has 14 nitrogen and oxygen atoms in total. The number of rotatable bonds is 16. The van der Waals surface area contributed by atoms with E-state index in [1.165, 1.54) is 12.1 Å². The Morgan fingerprint density at radius 2 is 1.42 bits per heavy atom. The summed E-state index contributed by atoms with van der Waals surface area (Å²) in [5, 5.41) is 43.4. The number of benzene rings is 1. The lowest BCUT2D eigenvalue weighted by atomic mass is 9.96. The van der Waals surface area contributed by atoms with Crippen LogP contribution in [0.25, 0.3) is 0 Å². The van der Waals surface area contributed by atoms with Gasteiger partial charge in [0.25, 0.3) is 0 Å². The van der Waals surface area contributed by atoms with Gasteiger partial charge in [-0.2, -0.15) is 0 Å². The number of carboxylic acids is 3. The molecule has 0 saturated carbocycles. The minimum Gasteiger partial charge on any atom is -0.508 e. The van der Waals surface area contributed by atoms with Gasteiger partial charge in [0, 0.05) is 6.42 Å². The average molecular weight is 539 g/mol. The number of hydrogen-bond donors (Lipinski definition) is 8. The van der Waals surface area contributed by atoms with Crippen LogP contribution in [0.1, 0.15) is 45.1 Å². The first kappa shape index (κ1) is 31.8. The molecule has 1 rings (SSSR count). The van der Waals surface area contributed by atoms with Crippen LogP contribution in [0.4, 0.5) is 0 Å². The molecule has 9 N–H and O–H groups in total.